The van der Waals surface area contributed by atoms with Crippen LogP contribution in [-0.4, -0.2) is 72.8 Å². The Kier molecular flexibility index (Phi) is 6.09. The third kappa shape index (κ3) is 4.98. The van der Waals surface area contributed by atoms with Gasteiger partial charge in [0.25, 0.3) is 0 Å². The lowest BCUT2D eigenvalue weighted by Crippen LogP contribution is -2.50. The smallest absolute Gasteiger partial charge is 0.248 e. The van der Waals surface area contributed by atoms with Gasteiger partial charge in [0.2, 0.25) is 11.8 Å². The summed E-state index contributed by atoms with van der Waals surface area (Å²) >= 11 is 0. The van der Waals surface area contributed by atoms with Gasteiger partial charge in [0.15, 0.2) is 0 Å². The normalized spacial score (nSPS) is 26.6. The monoisotopic (exact) mass is 447 g/mol. The maximum Gasteiger partial charge on any atom is 0.248 e. The van der Waals surface area contributed by atoms with Gasteiger partial charge in [-0.05, 0) is 50.4 Å². The largest absolute Gasteiger partial charge is 0.391 e. The highest BCUT2D eigenvalue weighted by Crippen LogP contribution is 2.41. The highest BCUT2D eigenvalue weighted by Gasteiger charge is 2.46. The van der Waals surface area contributed by atoms with Gasteiger partial charge in [-0.1, -0.05) is 26.0 Å². The molecule has 9 nitrogen and oxygen atoms in total. The van der Waals surface area contributed by atoms with E-state index in [4.69, 9.17) is 0 Å². The maximum absolute atomic E-state index is 13.7. The van der Waals surface area contributed by atoms with Crippen LogP contribution < -0.4 is 5.32 Å². The molecule has 1 aromatic rings. The molecule has 4 atom stereocenters. The molecule has 0 radical (unpaired) electrons. The first-order valence-electron chi connectivity index (χ1n) is 11.9. The first kappa shape index (κ1) is 23.2. The Balaban J connectivity index is 1.45. The van der Waals surface area contributed by atoms with Crippen LogP contribution in [0.2, 0.25) is 0 Å². The van der Waals surface area contributed by atoms with E-state index < -0.39 is 29.2 Å². The Morgan fingerprint density at radius 1 is 1.22 bits per heavy atom. The Morgan fingerprint density at radius 2 is 1.91 bits per heavy atom. The molecule has 0 spiro atoms. The molecule has 3 aliphatic rings. The van der Waals surface area contributed by atoms with Gasteiger partial charge in [-0.25, -0.2) is 4.68 Å². The molecule has 1 aliphatic heterocycles. The fourth-order valence-corrected chi connectivity index (χ4v) is 4.79. The van der Waals surface area contributed by atoms with Crippen LogP contribution in [0.3, 0.4) is 0 Å². The molecular weight excluding hydrogens is 410 g/mol. The molecule has 0 aromatic carbocycles. The van der Waals surface area contributed by atoms with Crippen molar-refractivity contribution in [2.45, 2.75) is 95.9 Å². The number of hydrogen-bond acceptors (Lipinski definition) is 6. The lowest BCUT2D eigenvalue weighted by atomic mass is 9.85. The van der Waals surface area contributed by atoms with E-state index in [2.05, 4.69) is 15.6 Å². The summed E-state index contributed by atoms with van der Waals surface area (Å²) < 4.78 is 1.63. The van der Waals surface area contributed by atoms with Gasteiger partial charge in [0, 0.05) is 31.6 Å². The molecule has 178 valence electrons. The highest BCUT2D eigenvalue weighted by molar-refractivity contribution is 5.90. The Bertz CT molecular complexity index is 853. The number of aliphatic hydroxyl groups excluding tert-OH is 1. The number of hydrogen-bond donors (Lipinski definition) is 3. The molecule has 3 fully saturated rings. The van der Waals surface area contributed by atoms with Crippen molar-refractivity contribution in [1.29, 1.82) is 0 Å². The van der Waals surface area contributed by atoms with Gasteiger partial charge in [0.1, 0.15) is 12.1 Å². The molecule has 2 heterocycles. The molecule has 1 saturated heterocycles. The minimum absolute atomic E-state index is 0.119. The molecule has 9 heteroatoms. The van der Waals surface area contributed by atoms with E-state index in [1.807, 2.05) is 33.9 Å². The molecule has 4 rings (SSSR count). The fraction of sp³-hybridized carbons (Fsp3) is 0.826. The maximum atomic E-state index is 13.7. The summed E-state index contributed by atoms with van der Waals surface area (Å²) in [6.45, 7) is 8.18. The molecular formula is C23H37N5O4. The summed E-state index contributed by atoms with van der Waals surface area (Å²) in [4.78, 5) is 28.1. The molecule has 32 heavy (non-hydrogen) atoms. The van der Waals surface area contributed by atoms with Crippen LogP contribution in [-0.2, 0) is 9.59 Å². The third-order valence-corrected chi connectivity index (χ3v) is 7.09. The zero-order chi connectivity index (χ0) is 23.3. The average molecular weight is 448 g/mol. The summed E-state index contributed by atoms with van der Waals surface area (Å²) in [5.74, 6) is 0.221. The second-order valence-corrected chi connectivity index (χ2v) is 11.2. The molecule has 2 amide bonds. The van der Waals surface area contributed by atoms with Crippen molar-refractivity contribution in [3.05, 3.63) is 11.9 Å². The molecule has 0 bridgehead atoms. The zero-order valence-corrected chi connectivity index (χ0v) is 19.6. The van der Waals surface area contributed by atoms with E-state index in [1.54, 1.807) is 4.68 Å². The number of nitrogens with zero attached hydrogens (tertiary/aromatic N) is 4. The zero-order valence-electron chi connectivity index (χ0n) is 19.6. The lowest BCUT2D eigenvalue weighted by molar-refractivity contribution is -0.144. The molecule has 2 aliphatic carbocycles. The summed E-state index contributed by atoms with van der Waals surface area (Å²) in [6, 6.07) is -1.36. The number of aromatic nitrogens is 3. The van der Waals surface area contributed by atoms with E-state index in [0.29, 0.717) is 24.8 Å². The predicted octanol–water partition coefficient (Wildman–Crippen LogP) is 1.37. The van der Waals surface area contributed by atoms with E-state index >= 15 is 0 Å². The van der Waals surface area contributed by atoms with Crippen LogP contribution in [0.15, 0.2) is 6.20 Å². The van der Waals surface area contributed by atoms with Gasteiger partial charge >= 0.3 is 0 Å². The summed E-state index contributed by atoms with van der Waals surface area (Å²) in [5, 5.41) is 32.2. The third-order valence-electron chi connectivity index (χ3n) is 7.09. The molecule has 2 saturated carbocycles. The van der Waals surface area contributed by atoms with Crippen molar-refractivity contribution < 1.29 is 19.8 Å². The standard InChI is InChI=1S/C23H37N5O4/c1-22(2,3)19(28-13-17(25-26-28)14-5-6-14)21(31)27-12-16(29)11-18(27)20(30)24-10-9-23(4,32)15-7-8-15/h13-16,18-19,29,32H,5-12H2,1-4H3,(H,24,30)/t16?,18?,19-,23?/m1/s1. The Morgan fingerprint density at radius 3 is 2.50 bits per heavy atom. The van der Waals surface area contributed by atoms with Crippen LogP contribution in [0.1, 0.15) is 83.9 Å². The van der Waals surface area contributed by atoms with E-state index in [0.717, 1.165) is 31.4 Å². The number of nitrogens with one attached hydrogen (secondary N) is 1. The highest BCUT2D eigenvalue weighted by atomic mass is 16.3. The average Bonchev–Trinajstić information content (AvgIpc) is 3.62. The van der Waals surface area contributed by atoms with E-state index in [9.17, 15) is 19.8 Å². The van der Waals surface area contributed by atoms with Crippen LogP contribution in [0, 0.1) is 11.3 Å². The van der Waals surface area contributed by atoms with Crippen molar-refractivity contribution >= 4 is 11.8 Å². The van der Waals surface area contributed by atoms with E-state index in [1.165, 1.54) is 4.90 Å². The SMILES string of the molecule is CC(O)(CCNC(=O)C1CC(O)CN1C(=O)[C@@H](n1cc(C2CC2)nn1)C(C)(C)C)C1CC1. The van der Waals surface area contributed by atoms with Crippen molar-refractivity contribution in [2.75, 3.05) is 13.1 Å². The van der Waals surface area contributed by atoms with Crippen LogP contribution in [0.5, 0.6) is 0 Å². The second-order valence-electron chi connectivity index (χ2n) is 11.2. The van der Waals surface area contributed by atoms with Crippen molar-refractivity contribution in [1.82, 2.24) is 25.2 Å². The first-order valence-corrected chi connectivity index (χ1v) is 11.9. The van der Waals surface area contributed by atoms with Gasteiger partial charge in [-0.3, -0.25) is 9.59 Å². The minimum Gasteiger partial charge on any atom is -0.391 e. The van der Waals surface area contributed by atoms with Gasteiger partial charge in [-0.2, -0.15) is 0 Å². The van der Waals surface area contributed by atoms with Gasteiger partial charge < -0.3 is 20.4 Å². The topological polar surface area (TPSA) is 121 Å². The van der Waals surface area contributed by atoms with Crippen molar-refractivity contribution in [3.63, 3.8) is 0 Å². The van der Waals surface area contributed by atoms with Crippen LogP contribution >= 0.6 is 0 Å². The molecule has 1 aromatic heterocycles. The van der Waals surface area contributed by atoms with Gasteiger partial charge in [0.05, 0.1) is 17.4 Å². The quantitative estimate of drug-likeness (QED) is 0.554. The number of carbonyl (C=O) groups is 2. The Labute approximate surface area is 189 Å². The number of rotatable bonds is 8. The Hall–Kier alpha value is -2.00. The number of aliphatic hydroxyl groups is 2. The molecule has 3 unspecified atom stereocenters. The summed E-state index contributed by atoms with van der Waals surface area (Å²) in [5.41, 5.74) is -0.323. The van der Waals surface area contributed by atoms with E-state index in [-0.39, 0.29) is 24.8 Å². The van der Waals surface area contributed by atoms with Crippen molar-refractivity contribution in [2.24, 2.45) is 11.3 Å². The summed E-state index contributed by atoms with van der Waals surface area (Å²) in [7, 11) is 0. The second kappa shape index (κ2) is 8.41. The summed E-state index contributed by atoms with van der Waals surface area (Å²) in [6.07, 6.45) is 6.03. The number of amides is 2. The van der Waals surface area contributed by atoms with Crippen LogP contribution in [0.25, 0.3) is 0 Å². The van der Waals surface area contributed by atoms with Gasteiger partial charge in [-0.15, -0.1) is 5.10 Å². The number of β-amino-alcohol motifs (C(OH)–C–C–N with tert-alkyl or cyclic N) is 1. The fourth-order valence-electron chi connectivity index (χ4n) is 4.79. The first-order chi connectivity index (χ1) is 15.0. The predicted molar refractivity (Wildman–Crippen MR) is 118 cm³/mol. The van der Waals surface area contributed by atoms with Crippen molar-refractivity contribution in [3.8, 4) is 0 Å². The van der Waals surface area contributed by atoms with Crippen LogP contribution in [0.4, 0.5) is 0 Å². The minimum atomic E-state index is -0.776. The molecule has 3 N–H and O–H groups in total. The number of carbonyl (C=O) groups excluding carboxylic acids is 2. The number of likely N-dealkylation sites (tertiary alicyclic amines) is 1. The lowest BCUT2D eigenvalue weighted by Gasteiger charge is -2.34.